The second kappa shape index (κ2) is 13.5. The molecule has 52 heavy (non-hydrogen) atoms. The predicted octanol–water partition coefficient (Wildman–Crippen LogP) is 14.8. The molecule has 2 atom stereocenters. The Labute approximate surface area is 321 Å². The summed E-state index contributed by atoms with van der Waals surface area (Å²) >= 11 is -4.96. The molecule has 0 fully saturated rings. The van der Waals surface area contributed by atoms with Crippen LogP contribution in [-0.2, 0) is 21.0 Å². The number of halogens is 2. The molecule has 0 bridgehead atoms. The van der Waals surface area contributed by atoms with Gasteiger partial charge in [-0.15, -0.1) is 0 Å². The summed E-state index contributed by atoms with van der Waals surface area (Å²) in [6, 6.07) is 38.9. The van der Waals surface area contributed by atoms with Gasteiger partial charge in [0.25, 0.3) is 0 Å². The fraction of sp³-hybridized carbons (Fsp3) is 0.292. The van der Waals surface area contributed by atoms with Crippen molar-refractivity contribution in [1.82, 2.24) is 0 Å². The van der Waals surface area contributed by atoms with E-state index in [9.17, 15) is 0 Å². The maximum absolute atomic E-state index is 8.79. The van der Waals surface area contributed by atoms with E-state index in [4.69, 9.17) is 17.0 Å². The molecule has 0 spiro atoms. The predicted molar refractivity (Wildman–Crippen MR) is 230 cm³/mol. The molecule has 0 amide bonds. The summed E-state index contributed by atoms with van der Waals surface area (Å²) in [6.45, 7) is 23.0. The third-order valence-corrected chi connectivity index (χ3v) is 64.1. The molecule has 5 aromatic carbocycles. The zero-order chi connectivity index (χ0) is 37.4. The number of hydrogen-bond donors (Lipinski definition) is 0. The first-order valence-electron chi connectivity index (χ1n) is 19.0. The molecule has 0 N–H and O–H groups in total. The van der Waals surface area contributed by atoms with Gasteiger partial charge in [-0.1, -0.05) is 0 Å². The summed E-state index contributed by atoms with van der Waals surface area (Å²) in [7, 11) is 17.6. The van der Waals surface area contributed by atoms with Crippen molar-refractivity contribution in [3.05, 3.63) is 153 Å². The summed E-state index contributed by atoms with van der Waals surface area (Å²) in [4.78, 5) is 0. The molecule has 2 aliphatic rings. The van der Waals surface area contributed by atoms with Crippen molar-refractivity contribution in [1.29, 1.82) is 0 Å². The zero-order valence-corrected chi connectivity index (χ0v) is 37.7. The summed E-state index contributed by atoms with van der Waals surface area (Å²) < 4.78 is 0.0688. The van der Waals surface area contributed by atoms with Crippen molar-refractivity contribution in [2.75, 3.05) is 0 Å². The normalized spacial score (nSPS) is 17.8. The van der Waals surface area contributed by atoms with Crippen molar-refractivity contribution in [3.63, 3.8) is 0 Å². The van der Waals surface area contributed by atoms with E-state index in [1.807, 2.05) is 0 Å². The van der Waals surface area contributed by atoms with Crippen molar-refractivity contribution >= 4 is 35.1 Å². The van der Waals surface area contributed by atoms with Gasteiger partial charge in [0.15, 0.2) is 0 Å². The van der Waals surface area contributed by atoms with Gasteiger partial charge in [-0.05, 0) is 0 Å². The van der Waals surface area contributed by atoms with Crippen LogP contribution in [0.2, 0.25) is 13.1 Å². The molecule has 267 valence electrons. The number of benzene rings is 5. The fourth-order valence-electron chi connectivity index (χ4n) is 9.02. The molecule has 2 aliphatic carbocycles. The molecule has 0 nitrogen and oxygen atoms in total. The van der Waals surface area contributed by atoms with E-state index in [1.54, 1.807) is 0 Å². The summed E-state index contributed by atoms with van der Waals surface area (Å²) in [5.41, 5.74) is 19.5. The van der Waals surface area contributed by atoms with Gasteiger partial charge in [0.05, 0.1) is 0 Å². The fourth-order valence-corrected chi connectivity index (χ4v) is 41.2. The van der Waals surface area contributed by atoms with Crippen LogP contribution in [0.15, 0.2) is 114 Å². The Morgan fingerprint density at radius 1 is 0.596 bits per heavy atom. The van der Waals surface area contributed by atoms with Crippen LogP contribution in [0.3, 0.4) is 0 Å². The topological polar surface area (TPSA) is 0 Å². The molecule has 0 aromatic heterocycles. The second-order valence-corrected chi connectivity index (χ2v) is 59.8. The van der Waals surface area contributed by atoms with E-state index in [0.29, 0.717) is 5.92 Å². The van der Waals surface area contributed by atoms with Gasteiger partial charge >= 0.3 is 324 Å². The molecule has 0 heterocycles. The average Bonchev–Trinajstić information content (AvgIpc) is 3.67. The maximum atomic E-state index is 8.79. The Morgan fingerprint density at radius 2 is 1.13 bits per heavy atom. The third kappa shape index (κ3) is 6.24. The van der Waals surface area contributed by atoms with Gasteiger partial charge in [-0.2, -0.15) is 0 Å². The van der Waals surface area contributed by atoms with Crippen LogP contribution in [0.25, 0.3) is 45.5 Å². The number of rotatable bonds is 7. The average molecular weight is 820 g/mol. The van der Waals surface area contributed by atoms with E-state index in [1.165, 1.54) is 83.5 Å². The Balaban J connectivity index is 1.46. The SMILES string of the molecule is CC1=Cc2c(-c3ccc(C)cc3)cc(-c3ccc(C)cc3)cc2[CH]1[Zr]([Cl])([Cl])([CH]1C(C(C)C)=Cc2c(-c3ccc(C(C)(C)C)cc3)cccc21)[SiH](C)C. The van der Waals surface area contributed by atoms with E-state index in [2.05, 4.69) is 184 Å². The minimum absolute atomic E-state index is 0.0221. The van der Waals surface area contributed by atoms with Gasteiger partial charge in [-0.3, -0.25) is 0 Å². The first-order chi connectivity index (χ1) is 24.5. The standard InChI is InChI=1S/C24H21.C22H25.C2H7Si.2ClH.Zr/c1-16-4-8-19(9-5-16)21-14-22-12-18(3)13-23(22)24(15-21)20-10-6-17(2)7-11-20;1-15(2)18-13-17-7-6-8-20(21(17)14-18)16-9-11-19(12-10-16)22(3,4)5;1-3-2;;;/h4-15H,1-3H3;6-15H,1-5H3;3H,1-2H3;2*1H;/q;;;;;+2/p-2. The van der Waals surface area contributed by atoms with Gasteiger partial charge in [0.2, 0.25) is 0 Å². The molecule has 0 saturated heterocycles. The van der Waals surface area contributed by atoms with Gasteiger partial charge < -0.3 is 0 Å². The first kappa shape index (κ1) is 37.6. The van der Waals surface area contributed by atoms with Crippen molar-refractivity contribution in [2.24, 2.45) is 5.92 Å². The quantitative estimate of drug-likeness (QED) is 0.144. The van der Waals surface area contributed by atoms with E-state index in [-0.39, 0.29) is 12.7 Å². The van der Waals surface area contributed by atoms with Crippen LogP contribution in [0.1, 0.15) is 87.7 Å². The minimum atomic E-state index is -4.96. The molecule has 5 aromatic rings. The Morgan fingerprint density at radius 3 is 1.69 bits per heavy atom. The Bertz CT molecular complexity index is 2230. The third-order valence-electron chi connectivity index (χ3n) is 12.1. The number of hydrogen-bond acceptors (Lipinski definition) is 0. The second-order valence-electron chi connectivity index (χ2n) is 17.3. The van der Waals surface area contributed by atoms with Crippen molar-refractivity contribution in [3.8, 4) is 33.4 Å². The summed E-state index contributed by atoms with van der Waals surface area (Å²) in [6.07, 6.45) is 4.92. The van der Waals surface area contributed by atoms with Crippen molar-refractivity contribution < 1.29 is 15.6 Å². The van der Waals surface area contributed by atoms with Crippen LogP contribution < -0.4 is 0 Å². The zero-order valence-electron chi connectivity index (χ0n) is 32.5. The van der Waals surface area contributed by atoms with Crippen LogP contribution in [0.5, 0.6) is 0 Å². The summed E-state index contributed by atoms with van der Waals surface area (Å²) in [5, 5.41) is 0. The molecule has 4 heteroatoms. The van der Waals surface area contributed by atoms with Crippen LogP contribution in [-0.4, -0.2) is 5.92 Å². The van der Waals surface area contributed by atoms with Crippen LogP contribution in [0.4, 0.5) is 0 Å². The van der Waals surface area contributed by atoms with Crippen LogP contribution >= 0.6 is 17.0 Å². The van der Waals surface area contributed by atoms with Crippen LogP contribution in [0, 0.1) is 19.8 Å². The molecule has 0 saturated carbocycles. The first-order valence-corrected chi connectivity index (χ1v) is 35.3. The molecule has 2 unspecified atom stereocenters. The monoisotopic (exact) mass is 817 g/mol. The van der Waals surface area contributed by atoms with Crippen molar-refractivity contribution in [2.45, 2.75) is 81.2 Å². The van der Waals surface area contributed by atoms with Gasteiger partial charge in [-0.25, -0.2) is 0 Å². The van der Waals surface area contributed by atoms with Gasteiger partial charge in [0.1, 0.15) is 0 Å². The van der Waals surface area contributed by atoms with Gasteiger partial charge in [0, 0.05) is 0 Å². The molecular weight excluding hydrogens is 767 g/mol. The molecule has 0 aliphatic heterocycles. The summed E-state index contributed by atoms with van der Waals surface area (Å²) in [5.74, 6) is -1.39. The Kier molecular flexibility index (Phi) is 9.77. The molecule has 7 rings (SSSR count). The molecular formula is C48H53Cl2SiZr. The molecule has 0 radical (unpaired) electrons. The van der Waals surface area contributed by atoms with E-state index >= 15 is 0 Å². The van der Waals surface area contributed by atoms with E-state index in [0.717, 1.165) is 0 Å². The number of aryl methyl sites for hydroxylation is 2. The number of allylic oxidation sites excluding steroid dienone is 2. The Hall–Kier alpha value is -2.74. The van der Waals surface area contributed by atoms with E-state index < -0.39 is 21.5 Å². The number of fused-ring (bicyclic) bond motifs is 2.